The summed E-state index contributed by atoms with van der Waals surface area (Å²) in [5, 5.41) is 0. The first-order valence-electron chi connectivity index (χ1n) is 6.49. The lowest BCUT2D eigenvalue weighted by atomic mass is 9.71. The molecular weight excluding hydrogens is 226 g/mol. The van der Waals surface area contributed by atoms with E-state index in [9.17, 15) is 0 Å². The Labute approximate surface area is 109 Å². The molecule has 1 fully saturated rings. The average Bonchev–Trinajstić information content (AvgIpc) is 2.30. The van der Waals surface area contributed by atoms with E-state index in [2.05, 4.69) is 26.8 Å². The molecule has 1 aliphatic heterocycles. The van der Waals surface area contributed by atoms with E-state index < -0.39 is 0 Å². The summed E-state index contributed by atoms with van der Waals surface area (Å²) in [5.74, 6) is 0.969. The molecule has 3 nitrogen and oxygen atoms in total. The Balaban J connectivity index is 2.54. The van der Waals surface area contributed by atoms with Crippen molar-refractivity contribution in [2.45, 2.75) is 32.6 Å². The van der Waals surface area contributed by atoms with Gasteiger partial charge < -0.3 is 15.2 Å². The van der Waals surface area contributed by atoms with Crippen LogP contribution in [0.4, 0.5) is 0 Å². The van der Waals surface area contributed by atoms with Gasteiger partial charge in [-0.15, -0.1) is 0 Å². The summed E-state index contributed by atoms with van der Waals surface area (Å²) in [6, 6.07) is 2.13. The van der Waals surface area contributed by atoms with Crippen molar-refractivity contribution >= 4 is 0 Å². The third-order valence-electron chi connectivity index (χ3n) is 4.18. The van der Waals surface area contributed by atoms with Crippen LogP contribution < -0.4 is 10.5 Å². The SMILES string of the molecule is COc1cc(C)c(C2(CCN)COC2)c(C)c1C. The maximum absolute atomic E-state index is 5.78. The van der Waals surface area contributed by atoms with Crippen molar-refractivity contribution in [1.29, 1.82) is 0 Å². The monoisotopic (exact) mass is 249 g/mol. The number of methoxy groups -OCH3 is 1. The standard InChI is InChI=1S/C15H23NO2/c1-10-7-13(17-4)11(2)12(3)14(10)15(5-6-16)8-18-9-15/h7H,5-6,8-9,16H2,1-4H3. The van der Waals surface area contributed by atoms with Crippen LogP contribution in [0.2, 0.25) is 0 Å². The van der Waals surface area contributed by atoms with Crippen molar-refractivity contribution in [3.05, 3.63) is 28.3 Å². The molecule has 1 aliphatic rings. The molecule has 3 heteroatoms. The highest BCUT2D eigenvalue weighted by Crippen LogP contribution is 2.41. The molecule has 0 bridgehead atoms. The van der Waals surface area contributed by atoms with Crippen LogP contribution in [0.5, 0.6) is 5.75 Å². The molecule has 0 saturated carbocycles. The van der Waals surface area contributed by atoms with E-state index in [1.54, 1.807) is 7.11 Å². The first kappa shape index (κ1) is 13.4. The van der Waals surface area contributed by atoms with Crippen molar-refractivity contribution in [2.24, 2.45) is 5.73 Å². The smallest absolute Gasteiger partial charge is 0.122 e. The van der Waals surface area contributed by atoms with Crippen LogP contribution in [0.1, 0.15) is 28.7 Å². The molecule has 1 heterocycles. The molecule has 0 spiro atoms. The van der Waals surface area contributed by atoms with Crippen molar-refractivity contribution < 1.29 is 9.47 Å². The summed E-state index contributed by atoms with van der Waals surface area (Å²) in [4.78, 5) is 0. The van der Waals surface area contributed by atoms with Crippen molar-refractivity contribution in [3.63, 3.8) is 0 Å². The van der Waals surface area contributed by atoms with Gasteiger partial charge in [0.1, 0.15) is 5.75 Å². The van der Waals surface area contributed by atoms with E-state index in [4.69, 9.17) is 15.2 Å². The third kappa shape index (κ3) is 1.91. The van der Waals surface area contributed by atoms with Crippen molar-refractivity contribution in [1.82, 2.24) is 0 Å². The largest absolute Gasteiger partial charge is 0.496 e. The highest BCUT2D eigenvalue weighted by molar-refractivity contribution is 5.52. The predicted octanol–water partition coefficient (Wildman–Crippen LogP) is 2.24. The zero-order valence-electron chi connectivity index (χ0n) is 11.8. The van der Waals surface area contributed by atoms with Gasteiger partial charge in [0.05, 0.1) is 20.3 Å². The van der Waals surface area contributed by atoms with Gasteiger partial charge >= 0.3 is 0 Å². The van der Waals surface area contributed by atoms with E-state index in [1.807, 2.05) is 0 Å². The number of rotatable bonds is 4. The molecule has 1 aromatic rings. The van der Waals surface area contributed by atoms with Gasteiger partial charge in [0.25, 0.3) is 0 Å². The number of nitrogens with two attached hydrogens (primary N) is 1. The van der Waals surface area contributed by atoms with Crippen LogP contribution in [-0.2, 0) is 10.2 Å². The lowest BCUT2D eigenvalue weighted by molar-refractivity contribution is -0.0637. The van der Waals surface area contributed by atoms with Gasteiger partial charge in [-0.2, -0.15) is 0 Å². The Kier molecular flexibility index (Phi) is 3.64. The summed E-state index contributed by atoms with van der Waals surface area (Å²) in [6.07, 6.45) is 0.987. The van der Waals surface area contributed by atoms with Crippen LogP contribution in [0.3, 0.4) is 0 Å². The Morgan fingerprint density at radius 1 is 1.28 bits per heavy atom. The molecule has 18 heavy (non-hydrogen) atoms. The van der Waals surface area contributed by atoms with Gasteiger partial charge in [-0.1, -0.05) is 0 Å². The van der Waals surface area contributed by atoms with E-state index in [0.29, 0.717) is 6.54 Å². The molecule has 100 valence electrons. The Bertz CT molecular complexity index is 450. The summed E-state index contributed by atoms with van der Waals surface area (Å²) >= 11 is 0. The van der Waals surface area contributed by atoms with Gasteiger partial charge in [0.2, 0.25) is 0 Å². The zero-order valence-corrected chi connectivity index (χ0v) is 11.8. The molecule has 0 unspecified atom stereocenters. The molecule has 0 atom stereocenters. The highest BCUT2D eigenvalue weighted by atomic mass is 16.5. The molecule has 2 N–H and O–H groups in total. The molecule has 0 aliphatic carbocycles. The average molecular weight is 249 g/mol. The number of ether oxygens (including phenoxy) is 2. The second-order valence-electron chi connectivity index (χ2n) is 5.33. The maximum atomic E-state index is 5.78. The quantitative estimate of drug-likeness (QED) is 0.890. The molecule has 1 aromatic carbocycles. The van der Waals surface area contributed by atoms with E-state index in [0.717, 1.165) is 25.4 Å². The Morgan fingerprint density at radius 3 is 2.39 bits per heavy atom. The van der Waals surface area contributed by atoms with Crippen LogP contribution in [0, 0.1) is 20.8 Å². The first-order chi connectivity index (χ1) is 8.55. The predicted molar refractivity (Wildman–Crippen MR) is 73.4 cm³/mol. The Morgan fingerprint density at radius 2 is 1.94 bits per heavy atom. The number of aryl methyl sites for hydroxylation is 1. The van der Waals surface area contributed by atoms with Crippen molar-refractivity contribution in [2.75, 3.05) is 26.9 Å². The fraction of sp³-hybridized carbons (Fsp3) is 0.600. The number of hydrogen-bond acceptors (Lipinski definition) is 3. The topological polar surface area (TPSA) is 44.5 Å². The van der Waals surface area contributed by atoms with Gasteiger partial charge in [0.15, 0.2) is 0 Å². The van der Waals surface area contributed by atoms with Gasteiger partial charge in [-0.3, -0.25) is 0 Å². The first-order valence-corrected chi connectivity index (χ1v) is 6.49. The fourth-order valence-corrected chi connectivity index (χ4v) is 3.11. The van der Waals surface area contributed by atoms with E-state index in [-0.39, 0.29) is 5.41 Å². The van der Waals surface area contributed by atoms with Crippen LogP contribution >= 0.6 is 0 Å². The number of hydrogen-bond donors (Lipinski definition) is 1. The van der Waals surface area contributed by atoms with Gasteiger partial charge in [-0.25, -0.2) is 0 Å². The second kappa shape index (κ2) is 4.90. The molecule has 0 aromatic heterocycles. The summed E-state index contributed by atoms with van der Waals surface area (Å²) in [7, 11) is 1.73. The Hall–Kier alpha value is -1.06. The normalized spacial score (nSPS) is 17.4. The van der Waals surface area contributed by atoms with Gasteiger partial charge in [-0.05, 0) is 62.1 Å². The molecule has 0 radical (unpaired) electrons. The molecule has 0 amide bonds. The molecular formula is C15H23NO2. The minimum atomic E-state index is 0.125. The van der Waals surface area contributed by atoms with E-state index in [1.165, 1.54) is 22.3 Å². The highest BCUT2D eigenvalue weighted by Gasteiger charge is 2.42. The van der Waals surface area contributed by atoms with Gasteiger partial charge in [0, 0.05) is 5.41 Å². The molecule has 2 rings (SSSR count). The molecule has 1 saturated heterocycles. The number of benzene rings is 1. The van der Waals surface area contributed by atoms with Crippen LogP contribution in [0.25, 0.3) is 0 Å². The minimum absolute atomic E-state index is 0.125. The summed E-state index contributed by atoms with van der Waals surface area (Å²) in [5.41, 5.74) is 11.1. The lowest BCUT2D eigenvalue weighted by Gasteiger charge is -2.44. The van der Waals surface area contributed by atoms with E-state index >= 15 is 0 Å². The van der Waals surface area contributed by atoms with Crippen molar-refractivity contribution in [3.8, 4) is 5.75 Å². The minimum Gasteiger partial charge on any atom is -0.496 e. The third-order valence-corrected chi connectivity index (χ3v) is 4.18. The van der Waals surface area contributed by atoms with Crippen LogP contribution in [-0.4, -0.2) is 26.9 Å². The maximum Gasteiger partial charge on any atom is 0.122 e. The second-order valence-corrected chi connectivity index (χ2v) is 5.33. The summed E-state index contributed by atoms with van der Waals surface area (Å²) < 4.78 is 10.9. The summed E-state index contributed by atoms with van der Waals surface area (Å²) in [6.45, 7) is 8.73. The van der Waals surface area contributed by atoms with Crippen LogP contribution in [0.15, 0.2) is 6.07 Å². The fourth-order valence-electron chi connectivity index (χ4n) is 3.11. The zero-order chi connectivity index (χ0) is 13.3. The lowest BCUT2D eigenvalue weighted by Crippen LogP contribution is -2.49.